The average Bonchev–Trinajstić information content (AvgIpc) is 2.78. The number of aryl methyl sites for hydroxylation is 1. The maximum atomic E-state index is 12.4. The Morgan fingerprint density at radius 2 is 2.00 bits per heavy atom. The fraction of sp³-hybridized carbons (Fsp3) is 0.588. The van der Waals surface area contributed by atoms with Gasteiger partial charge in [0.1, 0.15) is 6.17 Å². The molecule has 0 radical (unpaired) electrons. The molecule has 1 saturated heterocycles. The third-order valence-corrected chi connectivity index (χ3v) is 4.17. The zero-order chi connectivity index (χ0) is 15.6. The van der Waals surface area contributed by atoms with Crippen LogP contribution in [0.2, 0.25) is 0 Å². The average molecular weight is 289 g/mol. The SMILES string of the molecule is Cc1ccccc1C1NCC(=O)N1C(CN(C)C)C(C)C. The fourth-order valence-electron chi connectivity index (χ4n) is 3.04. The van der Waals surface area contributed by atoms with Crippen LogP contribution in [-0.2, 0) is 4.79 Å². The van der Waals surface area contributed by atoms with E-state index in [0.717, 1.165) is 6.54 Å². The molecule has 4 nitrogen and oxygen atoms in total. The van der Waals surface area contributed by atoms with Crippen LogP contribution in [-0.4, -0.2) is 48.9 Å². The Labute approximate surface area is 128 Å². The van der Waals surface area contributed by atoms with Gasteiger partial charge in [-0.25, -0.2) is 0 Å². The van der Waals surface area contributed by atoms with Gasteiger partial charge in [0.25, 0.3) is 0 Å². The third kappa shape index (κ3) is 3.44. The Morgan fingerprint density at radius 1 is 1.33 bits per heavy atom. The lowest BCUT2D eigenvalue weighted by Crippen LogP contribution is -2.48. The quantitative estimate of drug-likeness (QED) is 0.901. The molecule has 1 aromatic carbocycles. The minimum atomic E-state index is -0.00829. The number of hydrogen-bond acceptors (Lipinski definition) is 3. The number of amides is 1. The highest BCUT2D eigenvalue weighted by Gasteiger charge is 2.38. The number of hydrogen-bond donors (Lipinski definition) is 1. The minimum Gasteiger partial charge on any atom is -0.317 e. The second-order valence-electron chi connectivity index (χ2n) is 6.51. The van der Waals surface area contributed by atoms with Crippen LogP contribution >= 0.6 is 0 Å². The zero-order valence-corrected chi connectivity index (χ0v) is 13.8. The van der Waals surface area contributed by atoms with Crippen LogP contribution < -0.4 is 5.32 Å². The van der Waals surface area contributed by atoms with Crippen molar-refractivity contribution in [1.29, 1.82) is 0 Å². The summed E-state index contributed by atoms with van der Waals surface area (Å²) in [6, 6.07) is 8.52. The molecule has 21 heavy (non-hydrogen) atoms. The molecule has 4 heteroatoms. The zero-order valence-electron chi connectivity index (χ0n) is 13.8. The van der Waals surface area contributed by atoms with Crippen LogP contribution in [0.3, 0.4) is 0 Å². The summed E-state index contributed by atoms with van der Waals surface area (Å²) >= 11 is 0. The maximum absolute atomic E-state index is 12.4. The fourth-order valence-corrected chi connectivity index (χ4v) is 3.04. The van der Waals surface area contributed by atoms with E-state index in [0.29, 0.717) is 12.5 Å². The number of nitrogens with zero attached hydrogens (tertiary/aromatic N) is 2. The number of carbonyl (C=O) groups excluding carboxylic acids is 1. The second-order valence-corrected chi connectivity index (χ2v) is 6.51. The number of likely N-dealkylation sites (N-methyl/N-ethyl adjacent to an activating group) is 1. The van der Waals surface area contributed by atoms with Crippen LogP contribution in [0.4, 0.5) is 0 Å². The number of benzene rings is 1. The molecule has 1 amide bonds. The summed E-state index contributed by atoms with van der Waals surface area (Å²) < 4.78 is 0. The van der Waals surface area contributed by atoms with Crippen LogP contribution in [0.15, 0.2) is 24.3 Å². The highest BCUT2D eigenvalue weighted by atomic mass is 16.2. The van der Waals surface area contributed by atoms with Gasteiger partial charge in [0.2, 0.25) is 5.91 Å². The second kappa shape index (κ2) is 6.58. The lowest BCUT2D eigenvalue weighted by atomic mass is 9.99. The van der Waals surface area contributed by atoms with E-state index in [-0.39, 0.29) is 18.1 Å². The Kier molecular flexibility index (Phi) is 5.01. The molecule has 1 aromatic rings. The first-order valence-corrected chi connectivity index (χ1v) is 7.66. The van der Waals surface area contributed by atoms with Crippen molar-refractivity contribution < 1.29 is 4.79 Å². The number of nitrogens with one attached hydrogen (secondary N) is 1. The first-order valence-electron chi connectivity index (χ1n) is 7.66. The molecular formula is C17H27N3O. The Balaban J connectivity index is 2.33. The van der Waals surface area contributed by atoms with Crippen LogP contribution in [0.25, 0.3) is 0 Å². The monoisotopic (exact) mass is 289 g/mol. The predicted octanol–water partition coefficient (Wildman–Crippen LogP) is 2.01. The van der Waals surface area contributed by atoms with E-state index < -0.39 is 0 Å². The summed E-state index contributed by atoms with van der Waals surface area (Å²) in [5, 5.41) is 3.38. The molecule has 1 fully saturated rings. The molecule has 2 atom stereocenters. The smallest absolute Gasteiger partial charge is 0.238 e. The molecule has 1 heterocycles. The van der Waals surface area contributed by atoms with Gasteiger partial charge in [0.15, 0.2) is 0 Å². The van der Waals surface area contributed by atoms with Crippen LogP contribution in [0, 0.1) is 12.8 Å². The maximum Gasteiger partial charge on any atom is 0.238 e. The van der Waals surface area contributed by atoms with Crippen molar-refractivity contribution in [3.8, 4) is 0 Å². The molecular weight excluding hydrogens is 262 g/mol. The summed E-state index contributed by atoms with van der Waals surface area (Å²) in [7, 11) is 4.12. The van der Waals surface area contributed by atoms with Crippen molar-refractivity contribution in [2.75, 3.05) is 27.2 Å². The van der Waals surface area contributed by atoms with Crippen molar-refractivity contribution >= 4 is 5.91 Å². The van der Waals surface area contributed by atoms with Gasteiger partial charge in [-0.15, -0.1) is 0 Å². The molecule has 0 bridgehead atoms. The summed E-state index contributed by atoms with van der Waals surface area (Å²) in [4.78, 5) is 16.6. The summed E-state index contributed by atoms with van der Waals surface area (Å²) in [6.07, 6.45) is -0.00829. The lowest BCUT2D eigenvalue weighted by Gasteiger charge is -2.37. The predicted molar refractivity (Wildman–Crippen MR) is 85.9 cm³/mol. The molecule has 0 aliphatic carbocycles. The number of carbonyl (C=O) groups is 1. The van der Waals surface area contributed by atoms with Gasteiger partial charge in [-0.05, 0) is 38.1 Å². The van der Waals surface area contributed by atoms with Gasteiger partial charge in [0.05, 0.1) is 6.54 Å². The van der Waals surface area contributed by atoms with Crippen molar-refractivity contribution in [3.63, 3.8) is 0 Å². The summed E-state index contributed by atoms with van der Waals surface area (Å²) in [6.45, 7) is 7.79. The molecule has 1 aliphatic rings. The molecule has 0 spiro atoms. The minimum absolute atomic E-state index is 0.00829. The summed E-state index contributed by atoms with van der Waals surface area (Å²) in [5.74, 6) is 0.617. The van der Waals surface area contributed by atoms with E-state index in [9.17, 15) is 4.79 Å². The Morgan fingerprint density at radius 3 is 2.57 bits per heavy atom. The molecule has 0 saturated carbocycles. The lowest BCUT2D eigenvalue weighted by molar-refractivity contribution is -0.131. The van der Waals surface area contributed by atoms with Crippen LogP contribution in [0.1, 0.15) is 31.1 Å². The Bertz CT molecular complexity index is 499. The highest BCUT2D eigenvalue weighted by Crippen LogP contribution is 2.29. The van der Waals surface area contributed by atoms with E-state index in [4.69, 9.17) is 0 Å². The standard InChI is InChI=1S/C17H27N3O/c1-12(2)15(11-19(4)5)20-16(21)10-18-17(20)14-9-7-6-8-13(14)3/h6-9,12,15,17-18H,10-11H2,1-5H3. The van der Waals surface area contributed by atoms with Crippen molar-refractivity contribution in [2.45, 2.75) is 33.0 Å². The van der Waals surface area contributed by atoms with Crippen molar-refractivity contribution in [2.24, 2.45) is 5.92 Å². The van der Waals surface area contributed by atoms with Gasteiger partial charge in [0, 0.05) is 12.6 Å². The molecule has 116 valence electrons. The molecule has 2 unspecified atom stereocenters. The third-order valence-electron chi connectivity index (χ3n) is 4.17. The summed E-state index contributed by atoms with van der Waals surface area (Å²) in [5.41, 5.74) is 2.43. The van der Waals surface area contributed by atoms with E-state index in [1.807, 2.05) is 17.0 Å². The van der Waals surface area contributed by atoms with Crippen molar-refractivity contribution in [3.05, 3.63) is 35.4 Å². The Hall–Kier alpha value is -1.39. The van der Waals surface area contributed by atoms with Gasteiger partial charge in [-0.3, -0.25) is 10.1 Å². The molecule has 1 aliphatic heterocycles. The molecule has 0 aromatic heterocycles. The van der Waals surface area contributed by atoms with Gasteiger partial charge in [-0.1, -0.05) is 38.1 Å². The topological polar surface area (TPSA) is 35.6 Å². The van der Waals surface area contributed by atoms with E-state index in [1.165, 1.54) is 11.1 Å². The van der Waals surface area contributed by atoms with Gasteiger partial charge < -0.3 is 9.80 Å². The van der Waals surface area contributed by atoms with E-state index in [2.05, 4.69) is 57.2 Å². The first-order chi connectivity index (χ1) is 9.91. The first kappa shape index (κ1) is 16.0. The van der Waals surface area contributed by atoms with Gasteiger partial charge >= 0.3 is 0 Å². The van der Waals surface area contributed by atoms with Crippen LogP contribution in [0.5, 0.6) is 0 Å². The van der Waals surface area contributed by atoms with E-state index in [1.54, 1.807) is 0 Å². The largest absolute Gasteiger partial charge is 0.317 e. The van der Waals surface area contributed by atoms with Gasteiger partial charge in [-0.2, -0.15) is 0 Å². The molecule has 2 rings (SSSR count). The highest BCUT2D eigenvalue weighted by molar-refractivity contribution is 5.81. The number of rotatable bonds is 5. The normalized spacial score (nSPS) is 20.6. The molecule has 1 N–H and O–H groups in total. The van der Waals surface area contributed by atoms with Crippen molar-refractivity contribution in [1.82, 2.24) is 15.1 Å². The van der Waals surface area contributed by atoms with E-state index >= 15 is 0 Å².